The number of nitrogens with zero attached hydrogens (tertiary/aromatic N) is 3. The van der Waals surface area contributed by atoms with Gasteiger partial charge in [-0.25, -0.2) is 0 Å². The maximum absolute atomic E-state index is 4.01. The van der Waals surface area contributed by atoms with Crippen LogP contribution in [0.1, 0.15) is 5.56 Å². The van der Waals surface area contributed by atoms with E-state index in [9.17, 15) is 0 Å². The smallest absolute Gasteiger partial charge is 0.0575 e. The molecule has 24 heavy (non-hydrogen) atoms. The molecule has 0 atom stereocenters. The topological polar surface area (TPSA) is 29.0 Å². The normalized spacial score (nSPS) is 10.7. The van der Waals surface area contributed by atoms with Crippen LogP contribution >= 0.6 is 0 Å². The minimum Gasteiger partial charge on any atom is -0.310 e. The van der Waals surface area contributed by atoms with Crippen LogP contribution in [0.3, 0.4) is 0 Å². The third-order valence-electron chi connectivity index (χ3n) is 4.16. The standard InChI is InChI=1S/C21H17N3/c1-16-7-5-6-10-21(16)24(19-8-3-2-4-9-19)20-12-11-17-14-22-23-15-18(17)13-20/h2-15H,1H3. The molecule has 3 heteroatoms. The van der Waals surface area contributed by atoms with E-state index in [0.717, 1.165) is 22.1 Å². The lowest BCUT2D eigenvalue weighted by atomic mass is 10.1. The average Bonchev–Trinajstić information content (AvgIpc) is 2.64. The van der Waals surface area contributed by atoms with Crippen molar-refractivity contribution in [2.45, 2.75) is 6.92 Å². The molecule has 0 amide bonds. The Morgan fingerprint density at radius 1 is 0.667 bits per heavy atom. The molecule has 0 bridgehead atoms. The second-order valence-electron chi connectivity index (χ2n) is 5.76. The summed E-state index contributed by atoms with van der Waals surface area (Å²) in [6, 6.07) is 25.2. The van der Waals surface area contributed by atoms with Crippen LogP contribution in [-0.4, -0.2) is 10.2 Å². The van der Waals surface area contributed by atoms with Crippen molar-refractivity contribution in [2.24, 2.45) is 0 Å². The minimum atomic E-state index is 1.08. The maximum Gasteiger partial charge on any atom is 0.0575 e. The third kappa shape index (κ3) is 2.61. The van der Waals surface area contributed by atoms with E-state index in [0.29, 0.717) is 0 Å². The fraction of sp³-hybridized carbons (Fsp3) is 0.0476. The number of aromatic nitrogens is 2. The van der Waals surface area contributed by atoms with Crippen LogP contribution in [0.25, 0.3) is 10.8 Å². The molecule has 4 aromatic rings. The van der Waals surface area contributed by atoms with Gasteiger partial charge in [-0.1, -0.05) is 42.5 Å². The van der Waals surface area contributed by atoms with Crippen molar-refractivity contribution in [2.75, 3.05) is 4.90 Å². The van der Waals surface area contributed by atoms with Crippen LogP contribution in [-0.2, 0) is 0 Å². The van der Waals surface area contributed by atoms with Gasteiger partial charge in [0.1, 0.15) is 0 Å². The second kappa shape index (κ2) is 6.13. The summed E-state index contributed by atoms with van der Waals surface area (Å²) in [5, 5.41) is 10.1. The van der Waals surface area contributed by atoms with Gasteiger partial charge in [-0.05, 0) is 42.8 Å². The molecule has 3 aromatic carbocycles. The molecule has 0 fully saturated rings. The Labute approximate surface area is 141 Å². The van der Waals surface area contributed by atoms with Gasteiger partial charge in [0.15, 0.2) is 0 Å². The van der Waals surface area contributed by atoms with E-state index < -0.39 is 0 Å². The van der Waals surface area contributed by atoms with E-state index in [4.69, 9.17) is 0 Å². The highest BCUT2D eigenvalue weighted by atomic mass is 15.1. The Morgan fingerprint density at radius 3 is 2.17 bits per heavy atom. The number of hydrogen-bond acceptors (Lipinski definition) is 3. The van der Waals surface area contributed by atoms with E-state index >= 15 is 0 Å². The van der Waals surface area contributed by atoms with Crippen molar-refractivity contribution in [1.29, 1.82) is 0 Å². The zero-order chi connectivity index (χ0) is 16.4. The van der Waals surface area contributed by atoms with Crippen LogP contribution in [0, 0.1) is 6.92 Å². The molecule has 0 spiro atoms. The molecule has 0 saturated carbocycles. The number of anilines is 3. The summed E-state index contributed by atoms with van der Waals surface area (Å²) in [5.41, 5.74) is 4.64. The van der Waals surface area contributed by atoms with Gasteiger partial charge in [0.2, 0.25) is 0 Å². The lowest BCUT2D eigenvalue weighted by Gasteiger charge is -2.27. The largest absolute Gasteiger partial charge is 0.310 e. The zero-order valence-electron chi connectivity index (χ0n) is 13.4. The van der Waals surface area contributed by atoms with E-state index in [-0.39, 0.29) is 0 Å². The van der Waals surface area contributed by atoms with Gasteiger partial charge >= 0.3 is 0 Å². The summed E-state index contributed by atoms with van der Waals surface area (Å²) in [5.74, 6) is 0. The Morgan fingerprint density at radius 2 is 1.38 bits per heavy atom. The third-order valence-corrected chi connectivity index (χ3v) is 4.16. The van der Waals surface area contributed by atoms with Gasteiger partial charge in [0.05, 0.1) is 12.4 Å². The molecule has 4 rings (SSSR count). The summed E-state index contributed by atoms with van der Waals surface area (Å²) >= 11 is 0. The van der Waals surface area contributed by atoms with Crippen LogP contribution < -0.4 is 4.90 Å². The van der Waals surface area contributed by atoms with Crippen LogP contribution in [0.15, 0.2) is 85.2 Å². The predicted octanol–water partition coefficient (Wildman–Crippen LogP) is 5.41. The molecule has 0 aliphatic heterocycles. The molecule has 0 unspecified atom stereocenters. The van der Waals surface area contributed by atoms with Crippen molar-refractivity contribution in [3.8, 4) is 0 Å². The molecule has 0 N–H and O–H groups in total. The summed E-state index contributed by atoms with van der Waals surface area (Å²) < 4.78 is 0. The number of aryl methyl sites for hydroxylation is 1. The van der Waals surface area contributed by atoms with Crippen molar-refractivity contribution in [3.63, 3.8) is 0 Å². The zero-order valence-corrected chi connectivity index (χ0v) is 13.4. The van der Waals surface area contributed by atoms with Crippen LogP contribution in [0.2, 0.25) is 0 Å². The molecule has 0 aliphatic carbocycles. The first kappa shape index (κ1) is 14.4. The summed E-state index contributed by atoms with van der Waals surface area (Å²) in [6.07, 6.45) is 3.60. The Kier molecular flexibility index (Phi) is 3.67. The molecule has 1 heterocycles. The summed E-state index contributed by atoms with van der Waals surface area (Å²) in [4.78, 5) is 2.27. The van der Waals surface area contributed by atoms with Gasteiger partial charge in [0, 0.05) is 27.8 Å². The molecule has 0 radical (unpaired) electrons. The first-order valence-electron chi connectivity index (χ1n) is 7.94. The quantitative estimate of drug-likeness (QED) is 0.506. The first-order valence-corrected chi connectivity index (χ1v) is 7.94. The monoisotopic (exact) mass is 311 g/mol. The van der Waals surface area contributed by atoms with Gasteiger partial charge in [0.25, 0.3) is 0 Å². The van der Waals surface area contributed by atoms with E-state index in [2.05, 4.69) is 88.8 Å². The summed E-state index contributed by atoms with van der Waals surface area (Å²) in [7, 11) is 0. The lowest BCUT2D eigenvalue weighted by molar-refractivity contribution is 1.05. The number of rotatable bonds is 3. The fourth-order valence-corrected chi connectivity index (χ4v) is 2.94. The molecular weight excluding hydrogens is 294 g/mol. The number of hydrogen-bond donors (Lipinski definition) is 0. The molecule has 0 saturated heterocycles. The maximum atomic E-state index is 4.01. The summed E-state index contributed by atoms with van der Waals surface area (Å²) in [6.45, 7) is 2.14. The minimum absolute atomic E-state index is 1.08. The molecule has 3 nitrogen and oxygen atoms in total. The highest BCUT2D eigenvalue weighted by Crippen LogP contribution is 2.37. The molecular formula is C21H17N3. The van der Waals surface area contributed by atoms with Crippen LogP contribution in [0.5, 0.6) is 0 Å². The Balaban J connectivity index is 1.93. The first-order chi connectivity index (χ1) is 11.8. The fourth-order valence-electron chi connectivity index (χ4n) is 2.94. The predicted molar refractivity (Wildman–Crippen MR) is 99.0 cm³/mol. The van der Waals surface area contributed by atoms with E-state index in [1.165, 1.54) is 11.3 Å². The van der Waals surface area contributed by atoms with Crippen molar-refractivity contribution in [1.82, 2.24) is 10.2 Å². The highest BCUT2D eigenvalue weighted by Gasteiger charge is 2.14. The van der Waals surface area contributed by atoms with Gasteiger partial charge < -0.3 is 4.90 Å². The SMILES string of the molecule is Cc1ccccc1N(c1ccccc1)c1ccc2cnncc2c1. The number of fused-ring (bicyclic) bond motifs is 1. The Bertz CT molecular complexity index is 980. The van der Waals surface area contributed by atoms with Gasteiger partial charge in [-0.15, -0.1) is 0 Å². The average molecular weight is 311 g/mol. The lowest BCUT2D eigenvalue weighted by Crippen LogP contribution is -2.11. The molecule has 1 aromatic heterocycles. The number of para-hydroxylation sites is 2. The highest BCUT2D eigenvalue weighted by molar-refractivity contribution is 5.88. The molecule has 116 valence electrons. The van der Waals surface area contributed by atoms with E-state index in [1.807, 2.05) is 6.07 Å². The Hall–Kier alpha value is -3.20. The van der Waals surface area contributed by atoms with Gasteiger partial charge in [-0.2, -0.15) is 10.2 Å². The second-order valence-corrected chi connectivity index (χ2v) is 5.76. The number of benzene rings is 3. The van der Waals surface area contributed by atoms with Gasteiger partial charge in [-0.3, -0.25) is 0 Å². The van der Waals surface area contributed by atoms with Crippen LogP contribution in [0.4, 0.5) is 17.1 Å². The van der Waals surface area contributed by atoms with Crippen molar-refractivity contribution < 1.29 is 0 Å². The van der Waals surface area contributed by atoms with Crippen molar-refractivity contribution in [3.05, 3.63) is 90.8 Å². The van der Waals surface area contributed by atoms with E-state index in [1.54, 1.807) is 12.4 Å². The molecule has 0 aliphatic rings. The van der Waals surface area contributed by atoms with Crippen molar-refractivity contribution >= 4 is 27.8 Å².